The fourth-order valence-electron chi connectivity index (χ4n) is 1.02. The molecule has 74 valence electrons. The molecule has 12 heavy (non-hydrogen) atoms. The van der Waals surface area contributed by atoms with Gasteiger partial charge in [-0.15, -0.1) is 0 Å². The van der Waals surface area contributed by atoms with Gasteiger partial charge >= 0.3 is 8.56 Å². The normalized spacial score (nSPS) is 17.5. The van der Waals surface area contributed by atoms with Gasteiger partial charge in [-0.2, -0.15) is 0 Å². The molecule has 0 radical (unpaired) electrons. The summed E-state index contributed by atoms with van der Waals surface area (Å²) in [5.74, 6) is -1.58. The second-order valence-electron chi connectivity index (χ2n) is 3.04. The highest BCUT2D eigenvalue weighted by Gasteiger charge is 2.34. The molecule has 0 aromatic heterocycles. The van der Waals surface area contributed by atoms with Gasteiger partial charge in [0.05, 0.1) is 0 Å². The first kappa shape index (κ1) is 12.0. The van der Waals surface area contributed by atoms with Crippen LogP contribution in [0, 0.1) is 0 Å². The summed E-state index contributed by atoms with van der Waals surface area (Å²) in [5, 5.41) is 0. The predicted molar refractivity (Wildman–Crippen MR) is 50.1 cm³/mol. The molecule has 6 N–H and O–H groups in total. The standard InChI is InChI=1S/C6H19N3O2Si/c1-4-5-12(3,10-2)11-6(7,8)9/h4-5,7-9H2,1-3H3. The molecule has 0 saturated carbocycles. The van der Waals surface area contributed by atoms with Gasteiger partial charge in [-0.3, -0.25) is 17.2 Å². The minimum atomic E-state index is -2.23. The molecule has 0 fully saturated rings. The summed E-state index contributed by atoms with van der Waals surface area (Å²) in [5.41, 5.74) is 15.9. The van der Waals surface area contributed by atoms with Gasteiger partial charge in [0.25, 0.3) is 0 Å². The van der Waals surface area contributed by atoms with Crippen LogP contribution < -0.4 is 17.2 Å². The van der Waals surface area contributed by atoms with E-state index in [1.165, 1.54) is 0 Å². The van der Waals surface area contributed by atoms with Crippen LogP contribution in [0.3, 0.4) is 0 Å². The van der Waals surface area contributed by atoms with E-state index in [0.29, 0.717) is 0 Å². The third kappa shape index (κ3) is 4.81. The molecule has 0 bridgehead atoms. The highest BCUT2D eigenvalue weighted by molar-refractivity contribution is 6.66. The van der Waals surface area contributed by atoms with E-state index in [0.717, 1.165) is 12.5 Å². The highest BCUT2D eigenvalue weighted by Crippen LogP contribution is 2.15. The number of hydrogen-bond donors (Lipinski definition) is 3. The highest BCUT2D eigenvalue weighted by atomic mass is 28.4. The Kier molecular flexibility index (Phi) is 4.31. The summed E-state index contributed by atoms with van der Waals surface area (Å²) in [4.78, 5) is 0. The lowest BCUT2D eigenvalue weighted by Gasteiger charge is -2.31. The Bertz CT molecular complexity index is 139. The van der Waals surface area contributed by atoms with Gasteiger partial charge in [0.1, 0.15) is 0 Å². The topological polar surface area (TPSA) is 96.5 Å². The molecule has 0 heterocycles. The van der Waals surface area contributed by atoms with Crippen LogP contribution in [0.4, 0.5) is 0 Å². The maximum absolute atomic E-state index is 5.32. The maximum atomic E-state index is 5.32. The van der Waals surface area contributed by atoms with Gasteiger partial charge < -0.3 is 8.85 Å². The Morgan fingerprint density at radius 2 is 1.83 bits per heavy atom. The summed E-state index contributed by atoms with van der Waals surface area (Å²) in [6.07, 6.45) is 0.965. The van der Waals surface area contributed by atoms with Crippen LogP contribution in [0.25, 0.3) is 0 Å². The van der Waals surface area contributed by atoms with E-state index in [4.69, 9.17) is 26.1 Å². The van der Waals surface area contributed by atoms with Crippen molar-refractivity contribution >= 4 is 8.56 Å². The van der Waals surface area contributed by atoms with Crippen molar-refractivity contribution in [3.63, 3.8) is 0 Å². The van der Waals surface area contributed by atoms with Gasteiger partial charge in [0.15, 0.2) is 0 Å². The molecule has 0 aliphatic rings. The van der Waals surface area contributed by atoms with Gasteiger partial charge in [-0.05, 0) is 12.6 Å². The molecule has 0 aliphatic carbocycles. The third-order valence-electron chi connectivity index (χ3n) is 1.53. The summed E-state index contributed by atoms with van der Waals surface area (Å²) in [6, 6.07) is 0.830. The Morgan fingerprint density at radius 1 is 1.33 bits per heavy atom. The van der Waals surface area contributed by atoms with E-state index >= 15 is 0 Å². The fourth-order valence-corrected chi connectivity index (χ4v) is 3.07. The zero-order valence-corrected chi connectivity index (χ0v) is 8.96. The van der Waals surface area contributed by atoms with Crippen LogP contribution in [0.15, 0.2) is 0 Å². The van der Waals surface area contributed by atoms with Gasteiger partial charge in [-0.1, -0.05) is 13.3 Å². The monoisotopic (exact) mass is 193 g/mol. The van der Waals surface area contributed by atoms with E-state index in [1.807, 2.05) is 13.5 Å². The molecule has 5 nitrogen and oxygen atoms in total. The van der Waals surface area contributed by atoms with Gasteiger partial charge in [0, 0.05) is 7.11 Å². The average molecular weight is 193 g/mol. The van der Waals surface area contributed by atoms with Crippen LogP contribution in [0.5, 0.6) is 0 Å². The first-order valence-electron chi connectivity index (χ1n) is 3.95. The Balaban J connectivity index is 4.14. The lowest BCUT2D eigenvalue weighted by molar-refractivity contribution is 0.0440. The van der Waals surface area contributed by atoms with E-state index in [-0.39, 0.29) is 0 Å². The first-order valence-corrected chi connectivity index (χ1v) is 6.47. The molecule has 0 aromatic carbocycles. The fraction of sp³-hybridized carbons (Fsp3) is 1.00. The van der Waals surface area contributed by atoms with E-state index in [9.17, 15) is 0 Å². The summed E-state index contributed by atoms with van der Waals surface area (Å²) in [7, 11) is -0.643. The molecule has 0 saturated heterocycles. The van der Waals surface area contributed by atoms with Crippen molar-refractivity contribution in [2.24, 2.45) is 17.2 Å². The average Bonchev–Trinajstić information content (AvgIpc) is 1.84. The third-order valence-corrected chi connectivity index (χ3v) is 4.59. The van der Waals surface area contributed by atoms with Crippen molar-refractivity contribution in [3.8, 4) is 0 Å². The van der Waals surface area contributed by atoms with E-state index in [1.54, 1.807) is 7.11 Å². The van der Waals surface area contributed by atoms with Crippen molar-refractivity contribution in [1.82, 2.24) is 0 Å². The van der Waals surface area contributed by atoms with Gasteiger partial charge in [-0.25, -0.2) is 0 Å². The number of nitrogens with two attached hydrogens (primary N) is 3. The SMILES string of the molecule is CCC[Si](C)(OC)OC(N)(N)N. The Morgan fingerprint density at radius 3 is 2.08 bits per heavy atom. The largest absolute Gasteiger partial charge is 0.398 e. The van der Waals surface area contributed by atoms with E-state index in [2.05, 4.69) is 0 Å². The minimum absolute atomic E-state index is 0.830. The Hall–Kier alpha value is 0.0169. The number of rotatable bonds is 5. The molecular weight excluding hydrogens is 174 g/mol. The second-order valence-corrected chi connectivity index (χ2v) is 6.42. The lowest BCUT2D eigenvalue weighted by atomic mass is 10.6. The molecule has 1 atom stereocenters. The Labute approximate surface area is 74.4 Å². The molecule has 6 heteroatoms. The van der Waals surface area contributed by atoms with Crippen LogP contribution >= 0.6 is 0 Å². The maximum Gasteiger partial charge on any atom is 0.338 e. The van der Waals surface area contributed by atoms with Crippen LogP contribution in [0.2, 0.25) is 12.6 Å². The predicted octanol–water partition coefficient (Wildman–Crippen LogP) is -0.381. The molecule has 0 aliphatic heterocycles. The molecule has 0 spiro atoms. The molecule has 0 aromatic rings. The summed E-state index contributed by atoms with van der Waals surface area (Å²) >= 11 is 0. The second kappa shape index (κ2) is 4.31. The van der Waals surface area contributed by atoms with Crippen LogP contribution in [0.1, 0.15) is 13.3 Å². The van der Waals surface area contributed by atoms with Crippen molar-refractivity contribution in [1.29, 1.82) is 0 Å². The van der Waals surface area contributed by atoms with Crippen molar-refractivity contribution in [3.05, 3.63) is 0 Å². The van der Waals surface area contributed by atoms with Gasteiger partial charge in [0.2, 0.25) is 5.97 Å². The van der Waals surface area contributed by atoms with Crippen LogP contribution in [-0.4, -0.2) is 21.6 Å². The smallest absolute Gasteiger partial charge is 0.338 e. The lowest BCUT2D eigenvalue weighted by Crippen LogP contribution is -2.65. The minimum Gasteiger partial charge on any atom is -0.398 e. The molecule has 0 amide bonds. The zero-order chi connectivity index (χ0) is 9.83. The quantitative estimate of drug-likeness (QED) is 0.408. The van der Waals surface area contributed by atoms with Crippen molar-refractivity contribution in [2.45, 2.75) is 31.9 Å². The van der Waals surface area contributed by atoms with Crippen molar-refractivity contribution < 1.29 is 8.85 Å². The summed E-state index contributed by atoms with van der Waals surface area (Å²) < 4.78 is 10.5. The van der Waals surface area contributed by atoms with E-state index < -0.39 is 14.5 Å². The zero-order valence-electron chi connectivity index (χ0n) is 7.96. The molecule has 1 unspecified atom stereocenters. The summed E-state index contributed by atoms with van der Waals surface area (Å²) in [6.45, 7) is 3.93. The van der Waals surface area contributed by atoms with Crippen LogP contribution in [-0.2, 0) is 8.85 Å². The number of hydrogen-bond acceptors (Lipinski definition) is 5. The molecule has 0 rings (SSSR count). The van der Waals surface area contributed by atoms with Crippen molar-refractivity contribution in [2.75, 3.05) is 7.11 Å². The first-order chi connectivity index (χ1) is 5.33. The molecular formula is C6H19N3O2Si.